The van der Waals surface area contributed by atoms with E-state index in [1.165, 1.54) is 7.11 Å². The molecule has 0 radical (unpaired) electrons. The summed E-state index contributed by atoms with van der Waals surface area (Å²) in [5.41, 5.74) is 5.08. The fourth-order valence-corrected chi connectivity index (χ4v) is 5.78. The van der Waals surface area contributed by atoms with Gasteiger partial charge in [0.25, 0.3) is 5.91 Å². The summed E-state index contributed by atoms with van der Waals surface area (Å²) in [6.45, 7) is 13.1. The van der Waals surface area contributed by atoms with E-state index in [0.717, 1.165) is 45.9 Å². The maximum absolute atomic E-state index is 13.6. The molecule has 41 heavy (non-hydrogen) atoms. The molecule has 2 aliphatic heterocycles. The molecule has 214 valence electrons. The molecule has 0 saturated carbocycles. The second kappa shape index (κ2) is 10.7. The minimum Gasteiger partial charge on any atom is -0.490 e. The van der Waals surface area contributed by atoms with E-state index in [9.17, 15) is 9.59 Å². The topological polar surface area (TPSA) is 90.3 Å². The number of methoxy groups -OCH3 is 1. The van der Waals surface area contributed by atoms with Crippen LogP contribution in [0.25, 0.3) is 0 Å². The molecule has 5 rings (SSSR count). The number of benzene rings is 2. The van der Waals surface area contributed by atoms with Gasteiger partial charge in [-0.15, -0.1) is 0 Å². The molecule has 0 fully saturated rings. The Balaban J connectivity index is 1.72. The number of aliphatic imine (C=N–C) groups is 1. The van der Waals surface area contributed by atoms with Gasteiger partial charge in [0, 0.05) is 35.9 Å². The van der Waals surface area contributed by atoms with E-state index < -0.39 is 11.6 Å². The summed E-state index contributed by atoms with van der Waals surface area (Å²) < 4.78 is 17.5. The van der Waals surface area contributed by atoms with Crippen LogP contribution in [-0.2, 0) is 17.6 Å². The Morgan fingerprint density at radius 2 is 1.83 bits per heavy atom. The Hall–Kier alpha value is -4.20. The zero-order valence-corrected chi connectivity index (χ0v) is 24.8. The van der Waals surface area contributed by atoms with Crippen LogP contribution in [-0.4, -0.2) is 54.0 Å². The maximum atomic E-state index is 13.6. The van der Waals surface area contributed by atoms with E-state index >= 15 is 0 Å². The number of ether oxygens (including phenoxy) is 3. The third kappa shape index (κ3) is 5.31. The number of aromatic nitrogens is 1. The zero-order chi connectivity index (χ0) is 29.5. The number of carbonyl (C=O) groups is 2. The number of hydrogen-bond acceptors (Lipinski definition) is 7. The summed E-state index contributed by atoms with van der Waals surface area (Å²) >= 11 is 0. The lowest BCUT2D eigenvalue weighted by Gasteiger charge is -2.31. The molecule has 0 aliphatic carbocycles. The monoisotopic (exact) mass is 555 g/mol. The van der Waals surface area contributed by atoms with Gasteiger partial charge in [0.2, 0.25) is 0 Å². The predicted octanol–water partition coefficient (Wildman–Crippen LogP) is 5.82. The predicted molar refractivity (Wildman–Crippen MR) is 159 cm³/mol. The normalized spacial score (nSPS) is 16.1. The van der Waals surface area contributed by atoms with Crippen LogP contribution in [0.1, 0.15) is 84.6 Å². The van der Waals surface area contributed by atoms with E-state index in [4.69, 9.17) is 19.2 Å². The van der Waals surface area contributed by atoms with Crippen LogP contribution < -0.4 is 14.4 Å². The van der Waals surface area contributed by atoms with Gasteiger partial charge in [0.1, 0.15) is 11.3 Å². The van der Waals surface area contributed by atoms with Crippen LogP contribution in [0.2, 0.25) is 0 Å². The van der Waals surface area contributed by atoms with E-state index in [-0.39, 0.29) is 17.1 Å². The fourth-order valence-electron chi connectivity index (χ4n) is 5.78. The minimum atomic E-state index is -0.525. The van der Waals surface area contributed by atoms with Crippen molar-refractivity contribution in [2.24, 2.45) is 4.99 Å². The first kappa shape index (κ1) is 28.3. The molecule has 0 saturated heterocycles. The number of esters is 1. The van der Waals surface area contributed by atoms with Gasteiger partial charge in [-0.1, -0.05) is 12.1 Å². The lowest BCUT2D eigenvalue weighted by molar-refractivity contribution is 0.0601. The highest BCUT2D eigenvalue weighted by atomic mass is 16.5. The molecule has 2 aliphatic rings. The SMILES string of the molecule is CCOc1cc2c(c3c1OC(C)(C)C3)C(c1ccc(C(=O)OC)c(N(CC)C(=O)c3ccccn3)c1)=NC(C)(C)C2. The molecule has 0 atom stereocenters. The third-order valence-electron chi connectivity index (χ3n) is 7.39. The summed E-state index contributed by atoms with van der Waals surface area (Å²) in [5, 5.41) is 0. The second-order valence-electron chi connectivity index (χ2n) is 11.6. The standard InChI is InChI=1S/C33H37N3O5/c1-8-36(30(37)24-12-10-11-15-34-24)25-16-20(13-14-22(25)31(38)39-7)28-27-21(18-32(3,4)35-28)17-26(40-9-2)29-23(27)19-33(5,6)41-29/h10-17H,8-9,18-19H2,1-7H3. The van der Waals surface area contributed by atoms with Crippen LogP contribution in [0.3, 0.4) is 0 Å². The highest BCUT2D eigenvalue weighted by Gasteiger charge is 2.40. The largest absolute Gasteiger partial charge is 0.490 e. The lowest BCUT2D eigenvalue weighted by Crippen LogP contribution is -2.33. The van der Waals surface area contributed by atoms with Crippen LogP contribution in [0, 0.1) is 0 Å². The van der Waals surface area contributed by atoms with E-state index in [1.54, 1.807) is 35.4 Å². The lowest BCUT2D eigenvalue weighted by atomic mass is 9.80. The molecule has 1 aromatic heterocycles. The maximum Gasteiger partial charge on any atom is 0.339 e. The zero-order valence-electron chi connectivity index (χ0n) is 24.8. The summed E-state index contributed by atoms with van der Waals surface area (Å²) in [7, 11) is 1.34. The summed E-state index contributed by atoms with van der Waals surface area (Å²) in [6.07, 6.45) is 3.03. The van der Waals surface area contributed by atoms with Crippen molar-refractivity contribution >= 4 is 23.3 Å². The molecule has 0 bridgehead atoms. The number of pyridine rings is 1. The Labute approximate surface area is 241 Å². The van der Waals surface area contributed by atoms with Crippen LogP contribution >= 0.6 is 0 Å². The molecular weight excluding hydrogens is 518 g/mol. The van der Waals surface area contributed by atoms with Gasteiger partial charge < -0.3 is 19.1 Å². The highest BCUT2D eigenvalue weighted by molar-refractivity contribution is 6.18. The van der Waals surface area contributed by atoms with E-state index in [0.29, 0.717) is 30.8 Å². The van der Waals surface area contributed by atoms with Gasteiger partial charge in [0.15, 0.2) is 11.5 Å². The summed E-state index contributed by atoms with van der Waals surface area (Å²) in [6, 6.07) is 12.7. The molecule has 8 nitrogen and oxygen atoms in total. The van der Waals surface area contributed by atoms with Crippen molar-refractivity contribution < 1.29 is 23.8 Å². The molecule has 3 aromatic rings. The average Bonchev–Trinajstić information content (AvgIpc) is 3.27. The first-order chi connectivity index (χ1) is 19.5. The number of anilines is 1. The molecule has 0 spiro atoms. The van der Waals surface area contributed by atoms with Gasteiger partial charge in [-0.05, 0) is 83.9 Å². The van der Waals surface area contributed by atoms with Crippen molar-refractivity contribution in [1.82, 2.24) is 4.98 Å². The number of amides is 1. The van der Waals surface area contributed by atoms with Gasteiger partial charge in [0.05, 0.1) is 36.2 Å². The van der Waals surface area contributed by atoms with E-state index in [2.05, 4.69) is 38.7 Å². The van der Waals surface area contributed by atoms with Crippen molar-refractivity contribution in [3.05, 3.63) is 82.2 Å². The fraction of sp³-hybridized carbons (Fsp3) is 0.394. The highest BCUT2D eigenvalue weighted by Crippen LogP contribution is 2.48. The molecule has 0 unspecified atom stereocenters. The second-order valence-corrected chi connectivity index (χ2v) is 11.6. The van der Waals surface area contributed by atoms with Gasteiger partial charge in [-0.3, -0.25) is 14.8 Å². The molecule has 1 amide bonds. The molecule has 8 heteroatoms. The summed E-state index contributed by atoms with van der Waals surface area (Å²) in [5.74, 6) is 0.681. The number of hydrogen-bond donors (Lipinski definition) is 0. The average molecular weight is 556 g/mol. The first-order valence-electron chi connectivity index (χ1n) is 14.0. The smallest absolute Gasteiger partial charge is 0.339 e. The Bertz CT molecular complexity index is 1540. The third-order valence-corrected chi connectivity index (χ3v) is 7.39. The van der Waals surface area contributed by atoms with Crippen LogP contribution in [0.15, 0.2) is 53.7 Å². The van der Waals surface area contributed by atoms with Crippen molar-refractivity contribution in [2.45, 2.75) is 65.5 Å². The quantitative estimate of drug-likeness (QED) is 0.341. The van der Waals surface area contributed by atoms with Crippen molar-refractivity contribution in [3.63, 3.8) is 0 Å². The first-order valence-corrected chi connectivity index (χ1v) is 14.0. The Morgan fingerprint density at radius 1 is 1.05 bits per heavy atom. The minimum absolute atomic E-state index is 0.290. The molecule has 0 N–H and O–H groups in total. The van der Waals surface area contributed by atoms with Crippen LogP contribution in [0.4, 0.5) is 5.69 Å². The molecule has 2 aromatic carbocycles. The van der Waals surface area contributed by atoms with E-state index in [1.807, 2.05) is 26.0 Å². The Kier molecular flexibility index (Phi) is 7.36. The van der Waals surface area contributed by atoms with Gasteiger partial charge in [-0.25, -0.2) is 4.79 Å². The van der Waals surface area contributed by atoms with Crippen molar-refractivity contribution in [3.8, 4) is 11.5 Å². The van der Waals surface area contributed by atoms with Crippen molar-refractivity contribution in [1.29, 1.82) is 0 Å². The summed E-state index contributed by atoms with van der Waals surface area (Å²) in [4.78, 5) is 37.5. The number of carbonyl (C=O) groups excluding carboxylic acids is 2. The van der Waals surface area contributed by atoms with Gasteiger partial charge >= 0.3 is 5.97 Å². The Morgan fingerprint density at radius 3 is 2.49 bits per heavy atom. The van der Waals surface area contributed by atoms with Gasteiger partial charge in [-0.2, -0.15) is 0 Å². The number of fused-ring (bicyclic) bond motifs is 3. The molecular formula is C33H37N3O5. The van der Waals surface area contributed by atoms with Crippen molar-refractivity contribution in [2.75, 3.05) is 25.2 Å². The van der Waals surface area contributed by atoms with Crippen LogP contribution in [0.5, 0.6) is 11.5 Å². The number of rotatable bonds is 7. The number of nitrogens with zero attached hydrogens (tertiary/aromatic N) is 3. The molecule has 3 heterocycles.